The molecule has 6 heterocycles. The van der Waals surface area contributed by atoms with Gasteiger partial charge in [0.25, 0.3) is 5.56 Å². The minimum Gasteiger partial charge on any atom is -0.394 e. The highest BCUT2D eigenvalue weighted by Gasteiger charge is 2.48. The van der Waals surface area contributed by atoms with Gasteiger partial charge in [0.1, 0.15) is 12.4 Å². The van der Waals surface area contributed by atoms with Gasteiger partial charge in [-0.1, -0.05) is 0 Å². The van der Waals surface area contributed by atoms with Crippen molar-refractivity contribution in [3.8, 4) is 0 Å². The quantitative estimate of drug-likeness (QED) is 0.120. The van der Waals surface area contributed by atoms with Crippen molar-refractivity contribution < 1.29 is 33.6 Å². The number of aliphatic hydroxyl groups is 2. The molecule has 1 unspecified atom stereocenters. The summed E-state index contributed by atoms with van der Waals surface area (Å²) < 4.78 is 25.8. The molecule has 2 aliphatic heterocycles. The van der Waals surface area contributed by atoms with Crippen LogP contribution in [0.25, 0.3) is 16.8 Å². The molecule has 40 heavy (non-hydrogen) atoms. The van der Waals surface area contributed by atoms with E-state index in [1.807, 2.05) is 0 Å². The lowest BCUT2D eigenvalue weighted by Crippen LogP contribution is -2.37. The van der Waals surface area contributed by atoms with Crippen LogP contribution in [-0.4, -0.2) is 98.9 Å². The highest BCUT2D eigenvalue weighted by molar-refractivity contribution is 8.07. The molecular weight excluding hydrogens is 571 g/mol. The number of rotatable bonds is 8. The molecule has 214 valence electrons. The molecule has 0 spiro atoms. The van der Waals surface area contributed by atoms with Crippen LogP contribution in [0.4, 0.5) is 11.8 Å². The summed E-state index contributed by atoms with van der Waals surface area (Å²) in [5, 5.41) is 24.8. The first-order valence-electron chi connectivity index (χ1n) is 12.0. The molecule has 0 aliphatic carbocycles. The van der Waals surface area contributed by atoms with Crippen LogP contribution in [-0.2, 0) is 36.1 Å². The fraction of sp³-hybridized carbons (Fsp3) is 0.500. The standard InChI is InChI=1S/C20H25N10O8PS/c21-15-17-23-2-11(30(17)26-7-24-15)10-4-35-12(14(10)32)5-37-39(34,40)38-20(1-9(3-31)36-6-20)29-8-25-13-16(29)27-19(22)28-18(13)33/h2,7-10,12,14,31-32H,1,3-6H2,(H,34,40)(H2,21,24,26)(H3,22,27,28,33)/t9-,10-,12+,14-,20+,39?/m0/s1. The van der Waals surface area contributed by atoms with Gasteiger partial charge in [-0.2, -0.15) is 10.1 Å². The average molecular weight is 597 g/mol. The van der Waals surface area contributed by atoms with Gasteiger partial charge in [-0.3, -0.25) is 18.9 Å². The van der Waals surface area contributed by atoms with E-state index in [0.29, 0.717) is 11.3 Å². The third-order valence-electron chi connectivity index (χ3n) is 6.87. The summed E-state index contributed by atoms with van der Waals surface area (Å²) in [4.78, 5) is 42.1. The molecule has 0 bridgehead atoms. The average Bonchev–Trinajstić information content (AvgIpc) is 3.68. The van der Waals surface area contributed by atoms with Crippen molar-refractivity contribution in [3.63, 3.8) is 0 Å². The third-order valence-corrected chi connectivity index (χ3v) is 8.45. The molecule has 18 nitrogen and oxygen atoms in total. The van der Waals surface area contributed by atoms with Gasteiger partial charge < -0.3 is 40.6 Å². The number of imidazole rings is 2. The zero-order valence-corrected chi connectivity index (χ0v) is 22.3. The molecule has 20 heteroatoms. The first-order chi connectivity index (χ1) is 19.1. The summed E-state index contributed by atoms with van der Waals surface area (Å²) in [7, 11) is 0. The van der Waals surface area contributed by atoms with Crippen molar-refractivity contribution in [2.24, 2.45) is 0 Å². The number of aliphatic hydroxyl groups excluding tert-OH is 2. The van der Waals surface area contributed by atoms with Crippen LogP contribution in [0.1, 0.15) is 18.0 Å². The van der Waals surface area contributed by atoms with Gasteiger partial charge >= 0.3 is 6.72 Å². The molecule has 0 aromatic carbocycles. The minimum absolute atomic E-state index is 0.0234. The van der Waals surface area contributed by atoms with Gasteiger partial charge in [-0.15, -0.1) is 0 Å². The Labute approximate surface area is 229 Å². The first kappa shape index (κ1) is 27.1. The maximum Gasteiger partial charge on any atom is 0.326 e. The monoisotopic (exact) mass is 596 g/mol. The van der Waals surface area contributed by atoms with Crippen LogP contribution in [0.3, 0.4) is 0 Å². The molecule has 0 saturated carbocycles. The number of H-pyrrole nitrogens is 1. The van der Waals surface area contributed by atoms with Gasteiger partial charge in [0.2, 0.25) is 5.95 Å². The maximum atomic E-state index is 12.3. The lowest BCUT2D eigenvalue weighted by molar-refractivity contribution is -0.0427. The van der Waals surface area contributed by atoms with Crippen LogP contribution in [0, 0.1) is 0 Å². The number of hydrogen-bond donors (Lipinski definition) is 6. The molecule has 4 aromatic heterocycles. The Balaban J connectivity index is 1.21. The van der Waals surface area contributed by atoms with Crippen molar-refractivity contribution >= 4 is 47.1 Å². The fourth-order valence-corrected chi connectivity index (χ4v) is 6.58. The van der Waals surface area contributed by atoms with Crippen molar-refractivity contribution in [1.82, 2.24) is 39.1 Å². The highest BCUT2D eigenvalue weighted by atomic mass is 32.5. The summed E-state index contributed by atoms with van der Waals surface area (Å²) in [5.41, 5.74) is 10.4. The number of aromatic amines is 1. The maximum absolute atomic E-state index is 12.3. The second kappa shape index (κ2) is 10.1. The number of ether oxygens (including phenoxy) is 2. The number of fused-ring (bicyclic) bond motifs is 2. The smallest absolute Gasteiger partial charge is 0.326 e. The molecule has 0 amide bonds. The van der Waals surface area contributed by atoms with Crippen molar-refractivity contribution in [2.45, 2.75) is 36.4 Å². The SMILES string of the molecule is Nc1nc2c(ncn2[C@]2(OP(O)(=S)OC[C@H]3OC[C@@H](c4cnc5c(N)ncnn45)[C@@H]3O)CO[C@H](CO)C2)c(=O)[nH]1. The molecule has 8 N–H and O–H groups in total. The third kappa shape index (κ3) is 4.64. The molecule has 2 aliphatic rings. The van der Waals surface area contributed by atoms with E-state index < -0.39 is 42.2 Å². The van der Waals surface area contributed by atoms with Crippen LogP contribution < -0.4 is 17.0 Å². The molecule has 6 rings (SSSR count). The molecule has 6 atom stereocenters. The molecule has 4 aromatic rings. The van der Waals surface area contributed by atoms with E-state index in [1.54, 1.807) is 0 Å². The van der Waals surface area contributed by atoms with Crippen LogP contribution in [0.2, 0.25) is 0 Å². The molecule has 2 fully saturated rings. The molecule has 2 saturated heterocycles. The Morgan fingerprint density at radius 1 is 1.27 bits per heavy atom. The lowest BCUT2D eigenvalue weighted by Gasteiger charge is -2.33. The number of anilines is 2. The number of aromatic nitrogens is 8. The largest absolute Gasteiger partial charge is 0.394 e. The topological polar surface area (TPSA) is 256 Å². The zero-order valence-electron chi connectivity index (χ0n) is 20.6. The van der Waals surface area contributed by atoms with Crippen LogP contribution in [0.5, 0.6) is 0 Å². The second-order valence-corrected chi connectivity index (χ2v) is 12.2. The van der Waals surface area contributed by atoms with Gasteiger partial charge in [-0.05, 0) is 11.8 Å². The van der Waals surface area contributed by atoms with Crippen molar-refractivity contribution in [2.75, 3.05) is 37.9 Å². The number of nitrogens with zero attached hydrogens (tertiary/aromatic N) is 7. The number of nitrogens with two attached hydrogens (primary N) is 2. The second-order valence-electron chi connectivity index (χ2n) is 9.39. The van der Waals surface area contributed by atoms with E-state index in [4.69, 9.17) is 41.8 Å². The number of nitrogens with one attached hydrogen (secondary N) is 1. The Bertz CT molecular complexity index is 1680. The summed E-state index contributed by atoms with van der Waals surface area (Å²) >= 11 is 5.31. The van der Waals surface area contributed by atoms with Gasteiger partial charge in [0.05, 0.1) is 62.8 Å². The Morgan fingerprint density at radius 2 is 2.10 bits per heavy atom. The van der Waals surface area contributed by atoms with Crippen molar-refractivity contribution in [3.05, 3.63) is 34.9 Å². The minimum atomic E-state index is -4.06. The fourth-order valence-electron chi connectivity index (χ4n) is 4.94. The summed E-state index contributed by atoms with van der Waals surface area (Å²) in [6.45, 7) is -4.77. The van der Waals surface area contributed by atoms with E-state index in [9.17, 15) is 19.9 Å². The number of hydrogen-bond acceptors (Lipinski definition) is 15. The molecular formula is C20H25N10O8PS. The Hall–Kier alpha value is -3.13. The lowest BCUT2D eigenvalue weighted by atomic mass is 9.99. The van der Waals surface area contributed by atoms with Crippen LogP contribution in [0.15, 0.2) is 23.6 Å². The van der Waals surface area contributed by atoms with E-state index in [-0.39, 0.29) is 55.8 Å². The Morgan fingerprint density at radius 3 is 2.88 bits per heavy atom. The Kier molecular flexibility index (Phi) is 6.80. The van der Waals surface area contributed by atoms with Crippen molar-refractivity contribution in [1.29, 1.82) is 0 Å². The summed E-state index contributed by atoms with van der Waals surface area (Å²) in [6.07, 6.45) is 1.51. The summed E-state index contributed by atoms with van der Waals surface area (Å²) in [5.74, 6) is -0.495. The van der Waals surface area contributed by atoms with Gasteiger partial charge in [0, 0.05) is 6.42 Å². The highest BCUT2D eigenvalue weighted by Crippen LogP contribution is 2.53. The predicted molar refractivity (Wildman–Crippen MR) is 139 cm³/mol. The zero-order chi connectivity index (χ0) is 28.2. The van der Waals surface area contributed by atoms with Gasteiger partial charge in [-0.25, -0.2) is 19.5 Å². The predicted octanol–water partition coefficient (Wildman–Crippen LogP) is -2.05. The van der Waals surface area contributed by atoms with E-state index in [1.165, 1.54) is 27.9 Å². The molecule has 0 radical (unpaired) electrons. The van der Waals surface area contributed by atoms with E-state index in [0.717, 1.165) is 0 Å². The normalized spacial score (nSPS) is 28.5. The number of nitrogen functional groups attached to an aromatic ring is 2. The van der Waals surface area contributed by atoms with E-state index >= 15 is 0 Å². The van der Waals surface area contributed by atoms with Crippen LogP contribution >= 0.6 is 6.72 Å². The first-order valence-corrected chi connectivity index (χ1v) is 14.6. The summed E-state index contributed by atoms with van der Waals surface area (Å²) in [6, 6.07) is 0. The van der Waals surface area contributed by atoms with E-state index in [2.05, 4.69) is 30.0 Å². The van der Waals surface area contributed by atoms with Gasteiger partial charge in [0.15, 0.2) is 28.4 Å².